The molecule has 1 aromatic heterocycles. The van der Waals surface area contributed by atoms with Crippen molar-refractivity contribution < 1.29 is 25.6 Å². The molecule has 0 spiro atoms. The van der Waals surface area contributed by atoms with Crippen LogP contribution in [0, 0.1) is 5.82 Å². The predicted octanol–water partition coefficient (Wildman–Crippen LogP) is 1.16. The molecule has 0 saturated heterocycles. The predicted molar refractivity (Wildman–Crippen MR) is 85.6 cm³/mol. The summed E-state index contributed by atoms with van der Waals surface area (Å²) in [6, 6.07) is 7.60. The molecule has 0 radical (unpaired) electrons. The molecule has 132 valence electrons. The van der Waals surface area contributed by atoms with Gasteiger partial charge in [0.15, 0.2) is 0 Å². The summed E-state index contributed by atoms with van der Waals surface area (Å²) in [5.74, 6) is -0.0996. The Balaban J connectivity index is 2.00. The molecule has 10 heteroatoms. The van der Waals surface area contributed by atoms with Crippen LogP contribution in [0.4, 0.5) is 4.39 Å². The summed E-state index contributed by atoms with van der Waals surface area (Å²) < 4.78 is 69.1. The number of hydrogen-bond donors (Lipinski definition) is 1. The Hall–Kier alpha value is -1.75. The van der Waals surface area contributed by atoms with Gasteiger partial charge in [0.1, 0.15) is 11.6 Å². The first-order valence-electron chi connectivity index (χ1n) is 6.91. The number of nitrogens with one attached hydrogen (secondary N) is 1. The average Bonchev–Trinajstić information content (AvgIpc) is 2.98. The quantitative estimate of drug-likeness (QED) is 0.746. The van der Waals surface area contributed by atoms with E-state index in [1.54, 1.807) is 12.1 Å². The first-order chi connectivity index (χ1) is 11.2. The van der Waals surface area contributed by atoms with Crippen molar-refractivity contribution in [3.05, 3.63) is 54.2 Å². The van der Waals surface area contributed by atoms with Gasteiger partial charge in [-0.15, -0.1) is 0 Å². The Morgan fingerprint density at radius 2 is 1.79 bits per heavy atom. The van der Waals surface area contributed by atoms with Gasteiger partial charge in [-0.25, -0.2) is 25.9 Å². The molecule has 24 heavy (non-hydrogen) atoms. The fraction of sp³-hybridized carbons (Fsp3) is 0.286. The standard InChI is InChI=1S/C14H17FN2O5S2/c1-23(18,19)17(11-13-3-2-10-22-13)9-8-16-24(20,21)14-6-4-12(15)5-7-14/h2-7,10,16H,8-9,11H2,1H3. The second kappa shape index (κ2) is 7.43. The molecule has 0 saturated carbocycles. The third kappa shape index (κ3) is 5.13. The zero-order valence-electron chi connectivity index (χ0n) is 12.8. The van der Waals surface area contributed by atoms with Gasteiger partial charge in [-0.2, -0.15) is 4.31 Å². The van der Waals surface area contributed by atoms with Crippen LogP contribution in [0.2, 0.25) is 0 Å². The molecule has 0 aliphatic carbocycles. The van der Waals surface area contributed by atoms with Gasteiger partial charge in [0.2, 0.25) is 20.0 Å². The maximum atomic E-state index is 12.8. The number of rotatable bonds is 8. The van der Waals surface area contributed by atoms with E-state index in [0.717, 1.165) is 34.8 Å². The van der Waals surface area contributed by atoms with Gasteiger partial charge in [-0.3, -0.25) is 0 Å². The van der Waals surface area contributed by atoms with Gasteiger partial charge in [0.05, 0.1) is 24.0 Å². The van der Waals surface area contributed by atoms with Crippen LogP contribution in [-0.4, -0.2) is 40.5 Å². The van der Waals surface area contributed by atoms with Gasteiger partial charge < -0.3 is 4.42 Å². The van der Waals surface area contributed by atoms with E-state index in [-0.39, 0.29) is 24.5 Å². The Morgan fingerprint density at radius 3 is 2.33 bits per heavy atom. The van der Waals surface area contributed by atoms with Crippen molar-refractivity contribution in [2.75, 3.05) is 19.3 Å². The molecule has 2 rings (SSSR count). The van der Waals surface area contributed by atoms with E-state index in [1.165, 1.54) is 6.26 Å². The number of benzene rings is 1. The van der Waals surface area contributed by atoms with E-state index in [4.69, 9.17) is 4.42 Å². The van der Waals surface area contributed by atoms with Crippen molar-refractivity contribution >= 4 is 20.0 Å². The summed E-state index contributed by atoms with van der Waals surface area (Å²) in [6.07, 6.45) is 2.46. The number of nitrogens with zero attached hydrogens (tertiary/aromatic N) is 1. The van der Waals surface area contributed by atoms with Crippen LogP contribution in [0.1, 0.15) is 5.76 Å². The minimum Gasteiger partial charge on any atom is -0.468 e. The van der Waals surface area contributed by atoms with Crippen LogP contribution in [-0.2, 0) is 26.6 Å². The molecule has 0 amide bonds. The molecule has 0 aliphatic rings. The van der Waals surface area contributed by atoms with Gasteiger partial charge in [-0.05, 0) is 36.4 Å². The summed E-state index contributed by atoms with van der Waals surface area (Å²) in [7, 11) is -7.38. The maximum absolute atomic E-state index is 12.8. The molecular formula is C14H17FN2O5S2. The SMILES string of the molecule is CS(=O)(=O)N(CCNS(=O)(=O)c1ccc(F)cc1)Cc1ccco1. The molecule has 0 unspecified atom stereocenters. The van der Waals surface area contributed by atoms with Crippen molar-refractivity contribution in [3.63, 3.8) is 0 Å². The molecule has 0 aliphatic heterocycles. The summed E-state index contributed by atoms with van der Waals surface area (Å²) in [5.41, 5.74) is 0. The summed E-state index contributed by atoms with van der Waals surface area (Å²) in [4.78, 5) is -0.0964. The van der Waals surface area contributed by atoms with Gasteiger partial charge in [-0.1, -0.05) is 0 Å². The number of sulfonamides is 2. The van der Waals surface area contributed by atoms with Crippen LogP contribution in [0.15, 0.2) is 52.0 Å². The zero-order valence-corrected chi connectivity index (χ0v) is 14.5. The highest BCUT2D eigenvalue weighted by atomic mass is 32.2. The summed E-state index contributed by atoms with van der Waals surface area (Å²) in [5, 5.41) is 0. The third-order valence-corrected chi connectivity index (χ3v) is 5.89. The van der Waals surface area contributed by atoms with Crippen LogP contribution in [0.3, 0.4) is 0 Å². The van der Waals surface area contributed by atoms with Crippen LogP contribution in [0.25, 0.3) is 0 Å². The molecule has 7 nitrogen and oxygen atoms in total. The number of halogens is 1. The largest absolute Gasteiger partial charge is 0.468 e. The molecule has 0 bridgehead atoms. The lowest BCUT2D eigenvalue weighted by atomic mass is 10.4. The van der Waals surface area contributed by atoms with Gasteiger partial charge >= 0.3 is 0 Å². The second-order valence-corrected chi connectivity index (χ2v) is 8.78. The Labute approximate surface area is 140 Å². The van der Waals surface area contributed by atoms with E-state index in [0.29, 0.717) is 5.76 Å². The molecule has 1 N–H and O–H groups in total. The number of hydrogen-bond acceptors (Lipinski definition) is 5. The van der Waals surface area contributed by atoms with Crippen molar-refractivity contribution in [1.29, 1.82) is 0 Å². The highest BCUT2D eigenvalue weighted by Gasteiger charge is 2.20. The first-order valence-corrected chi connectivity index (χ1v) is 10.2. The minimum absolute atomic E-state index is 0.00408. The maximum Gasteiger partial charge on any atom is 0.240 e. The average molecular weight is 376 g/mol. The van der Waals surface area contributed by atoms with E-state index < -0.39 is 25.9 Å². The van der Waals surface area contributed by atoms with E-state index in [9.17, 15) is 21.2 Å². The van der Waals surface area contributed by atoms with Crippen LogP contribution in [0.5, 0.6) is 0 Å². The van der Waals surface area contributed by atoms with Crippen molar-refractivity contribution in [2.45, 2.75) is 11.4 Å². The lowest BCUT2D eigenvalue weighted by Crippen LogP contribution is -2.37. The van der Waals surface area contributed by atoms with E-state index in [2.05, 4.69) is 4.72 Å². The Bertz CT molecular complexity index is 862. The fourth-order valence-corrected chi connectivity index (χ4v) is 3.75. The second-order valence-electron chi connectivity index (χ2n) is 5.03. The highest BCUT2D eigenvalue weighted by molar-refractivity contribution is 7.89. The van der Waals surface area contributed by atoms with Gasteiger partial charge in [0, 0.05) is 13.1 Å². The van der Waals surface area contributed by atoms with E-state index in [1.807, 2.05) is 0 Å². The zero-order chi connectivity index (χ0) is 17.8. The monoisotopic (exact) mass is 376 g/mol. The highest BCUT2D eigenvalue weighted by Crippen LogP contribution is 2.11. The molecule has 1 heterocycles. The van der Waals surface area contributed by atoms with Gasteiger partial charge in [0.25, 0.3) is 0 Å². The Kier molecular flexibility index (Phi) is 5.75. The van der Waals surface area contributed by atoms with Crippen LogP contribution >= 0.6 is 0 Å². The first kappa shape index (κ1) is 18.6. The fourth-order valence-electron chi connectivity index (χ4n) is 1.94. The normalized spacial score (nSPS) is 12.6. The lowest BCUT2D eigenvalue weighted by Gasteiger charge is -2.19. The van der Waals surface area contributed by atoms with E-state index >= 15 is 0 Å². The Morgan fingerprint density at radius 1 is 1.12 bits per heavy atom. The van der Waals surface area contributed by atoms with Crippen molar-refractivity contribution in [2.24, 2.45) is 0 Å². The minimum atomic E-state index is -3.84. The topological polar surface area (TPSA) is 96.7 Å². The summed E-state index contributed by atoms with van der Waals surface area (Å²) in [6.45, 7) is -0.197. The van der Waals surface area contributed by atoms with Crippen LogP contribution < -0.4 is 4.72 Å². The molecule has 2 aromatic rings. The lowest BCUT2D eigenvalue weighted by molar-refractivity contribution is 0.368. The molecule has 0 atom stereocenters. The molecular weight excluding hydrogens is 359 g/mol. The molecule has 1 aromatic carbocycles. The third-order valence-electron chi connectivity index (χ3n) is 3.16. The number of furan rings is 1. The smallest absolute Gasteiger partial charge is 0.240 e. The summed E-state index contributed by atoms with van der Waals surface area (Å²) >= 11 is 0. The van der Waals surface area contributed by atoms with Crippen molar-refractivity contribution in [3.8, 4) is 0 Å². The molecule has 0 fully saturated rings. The van der Waals surface area contributed by atoms with Crippen molar-refractivity contribution in [1.82, 2.24) is 9.03 Å².